The zero-order valence-electron chi connectivity index (χ0n) is 20.8. The van der Waals surface area contributed by atoms with Crippen LogP contribution >= 0.6 is 15.9 Å². The molecule has 4 rings (SSSR count). The van der Waals surface area contributed by atoms with Crippen LogP contribution in [-0.2, 0) is 21.2 Å². The molecular formula is C28H34BrNO2Si. The van der Waals surface area contributed by atoms with Crippen molar-refractivity contribution in [2.24, 2.45) is 5.41 Å². The van der Waals surface area contributed by atoms with Crippen LogP contribution in [0.3, 0.4) is 0 Å². The maximum Gasteiger partial charge on any atom is 0.250 e. The van der Waals surface area contributed by atoms with Crippen molar-refractivity contribution < 1.29 is 9.22 Å². The minimum Gasteiger partial charge on any atom is -0.543 e. The average molecular weight is 525 g/mol. The van der Waals surface area contributed by atoms with Gasteiger partial charge in [0.1, 0.15) is 11.2 Å². The minimum atomic E-state index is -2.11. The largest absolute Gasteiger partial charge is 0.543 e. The lowest BCUT2D eigenvalue weighted by Gasteiger charge is -2.39. The first-order valence-corrected chi connectivity index (χ1v) is 15.2. The molecule has 0 saturated carbocycles. The number of nitrogens with zero attached hydrogens (tertiary/aromatic N) is 1. The third-order valence-corrected chi connectivity index (χ3v) is 13.0. The summed E-state index contributed by atoms with van der Waals surface area (Å²) in [6, 6.07) is 16.3. The molecular weight excluding hydrogens is 490 g/mol. The molecule has 1 heterocycles. The van der Waals surface area contributed by atoms with Crippen molar-refractivity contribution in [2.45, 2.75) is 64.7 Å². The Morgan fingerprint density at radius 2 is 1.70 bits per heavy atom. The number of carbonyl (C=O) groups excluding carboxylic acids is 1. The number of para-hydroxylation sites is 1. The fourth-order valence-corrected chi connectivity index (χ4v) is 6.35. The number of amides is 1. The second kappa shape index (κ2) is 7.71. The molecule has 5 heteroatoms. The predicted molar refractivity (Wildman–Crippen MR) is 143 cm³/mol. The van der Waals surface area contributed by atoms with Crippen LogP contribution in [0.4, 0.5) is 5.69 Å². The van der Waals surface area contributed by atoms with Gasteiger partial charge in [-0.2, -0.15) is 0 Å². The smallest absolute Gasteiger partial charge is 0.250 e. The lowest BCUT2D eigenvalue weighted by Crippen LogP contribution is -2.47. The summed E-state index contributed by atoms with van der Waals surface area (Å²) in [7, 11) is -2.11. The Morgan fingerprint density at radius 1 is 1.06 bits per heavy atom. The SMILES string of the molecule is C=C1C(O[Si](C)(C)C(C)(C)C)=C[C@]2(C(=O)N(Cc3ccccc3)c3c(Br)cccc32)C1(C)C. The van der Waals surface area contributed by atoms with Gasteiger partial charge in [0.15, 0.2) is 0 Å². The van der Waals surface area contributed by atoms with Gasteiger partial charge in [0.25, 0.3) is 0 Å². The topological polar surface area (TPSA) is 29.5 Å². The van der Waals surface area contributed by atoms with Crippen LogP contribution < -0.4 is 4.90 Å². The summed E-state index contributed by atoms with van der Waals surface area (Å²) in [5.41, 5.74) is 2.57. The highest BCUT2D eigenvalue weighted by Crippen LogP contribution is 2.62. The molecule has 0 saturated heterocycles. The number of allylic oxidation sites excluding steroid dienone is 1. The highest BCUT2D eigenvalue weighted by Gasteiger charge is 2.63. The van der Waals surface area contributed by atoms with E-state index >= 15 is 0 Å². The lowest BCUT2D eigenvalue weighted by molar-refractivity contribution is -0.124. The first kappa shape index (κ1) is 24.0. The van der Waals surface area contributed by atoms with E-state index in [0.29, 0.717) is 6.54 Å². The minimum absolute atomic E-state index is 0.0496. The first-order valence-electron chi connectivity index (χ1n) is 11.5. The van der Waals surface area contributed by atoms with E-state index in [-0.39, 0.29) is 10.9 Å². The Morgan fingerprint density at radius 3 is 2.30 bits per heavy atom. The van der Waals surface area contributed by atoms with Gasteiger partial charge < -0.3 is 9.33 Å². The maximum absolute atomic E-state index is 14.4. The quantitative estimate of drug-likeness (QED) is 0.383. The average Bonchev–Trinajstić information content (AvgIpc) is 3.08. The maximum atomic E-state index is 14.4. The Labute approximate surface area is 207 Å². The van der Waals surface area contributed by atoms with E-state index in [2.05, 4.69) is 94.5 Å². The summed E-state index contributed by atoms with van der Waals surface area (Å²) in [6.07, 6.45) is 2.08. The number of hydrogen-bond acceptors (Lipinski definition) is 2. The van der Waals surface area contributed by atoms with Gasteiger partial charge in [-0.15, -0.1) is 0 Å². The monoisotopic (exact) mass is 523 g/mol. The van der Waals surface area contributed by atoms with Crippen molar-refractivity contribution in [3.8, 4) is 0 Å². The molecule has 0 fully saturated rings. The number of benzene rings is 2. The molecule has 1 atom stereocenters. The van der Waals surface area contributed by atoms with Crippen molar-refractivity contribution in [3.05, 3.63) is 88.1 Å². The van der Waals surface area contributed by atoms with Crippen molar-refractivity contribution in [1.82, 2.24) is 0 Å². The summed E-state index contributed by atoms with van der Waals surface area (Å²) in [5, 5.41) is 0.0496. The van der Waals surface area contributed by atoms with Gasteiger partial charge in [-0.05, 0) is 62.9 Å². The van der Waals surface area contributed by atoms with Gasteiger partial charge in [-0.25, -0.2) is 0 Å². The Kier molecular flexibility index (Phi) is 5.61. The van der Waals surface area contributed by atoms with E-state index in [1.165, 1.54) is 0 Å². The highest BCUT2D eigenvalue weighted by molar-refractivity contribution is 9.10. The number of rotatable bonds is 4. The molecule has 2 aromatic rings. The van der Waals surface area contributed by atoms with E-state index in [1.54, 1.807) is 0 Å². The molecule has 2 aliphatic rings. The van der Waals surface area contributed by atoms with Gasteiger partial charge in [-0.3, -0.25) is 4.79 Å². The molecule has 0 radical (unpaired) electrons. The fraction of sp³-hybridized carbons (Fsp3) is 0.393. The zero-order valence-corrected chi connectivity index (χ0v) is 23.3. The summed E-state index contributed by atoms with van der Waals surface area (Å²) in [5.74, 6) is 0.862. The number of fused-ring (bicyclic) bond motifs is 2. The normalized spacial score (nSPS) is 22.1. The van der Waals surface area contributed by atoms with Crippen LogP contribution in [0.1, 0.15) is 45.7 Å². The summed E-state index contributed by atoms with van der Waals surface area (Å²) < 4.78 is 7.69. The molecule has 1 aliphatic carbocycles. The van der Waals surface area contributed by atoms with E-state index in [4.69, 9.17) is 4.43 Å². The van der Waals surface area contributed by atoms with E-state index in [1.807, 2.05) is 35.2 Å². The molecule has 1 amide bonds. The van der Waals surface area contributed by atoms with Crippen LogP contribution in [0.15, 0.2) is 77.0 Å². The molecule has 33 heavy (non-hydrogen) atoms. The molecule has 0 N–H and O–H groups in total. The van der Waals surface area contributed by atoms with Crippen molar-refractivity contribution >= 4 is 35.8 Å². The van der Waals surface area contributed by atoms with Gasteiger partial charge in [0.05, 0.1) is 12.2 Å². The van der Waals surface area contributed by atoms with Gasteiger partial charge in [0, 0.05) is 9.89 Å². The summed E-state index contributed by atoms with van der Waals surface area (Å²) in [4.78, 5) is 16.3. The van der Waals surface area contributed by atoms with Crippen molar-refractivity contribution in [3.63, 3.8) is 0 Å². The van der Waals surface area contributed by atoms with Crippen molar-refractivity contribution in [1.29, 1.82) is 0 Å². The number of carbonyl (C=O) groups is 1. The summed E-state index contributed by atoms with van der Waals surface area (Å²) in [6.45, 7) is 20.4. The number of hydrogen-bond donors (Lipinski definition) is 0. The molecule has 2 aromatic carbocycles. The Hall–Kier alpha value is -2.11. The van der Waals surface area contributed by atoms with Crippen LogP contribution in [0, 0.1) is 5.41 Å². The van der Waals surface area contributed by atoms with Crippen LogP contribution in [-0.4, -0.2) is 14.2 Å². The van der Waals surface area contributed by atoms with Crippen LogP contribution in [0.5, 0.6) is 0 Å². The first-order chi connectivity index (χ1) is 15.2. The fourth-order valence-electron chi connectivity index (χ4n) is 4.73. The molecule has 1 aliphatic heterocycles. The van der Waals surface area contributed by atoms with Gasteiger partial charge in [0.2, 0.25) is 14.2 Å². The third kappa shape index (κ3) is 3.47. The second-order valence-corrected chi connectivity index (χ2v) is 16.9. The molecule has 0 aromatic heterocycles. The summed E-state index contributed by atoms with van der Waals surface area (Å²) >= 11 is 3.74. The van der Waals surface area contributed by atoms with Crippen LogP contribution in [0.2, 0.25) is 18.1 Å². The zero-order chi connectivity index (χ0) is 24.4. The second-order valence-electron chi connectivity index (χ2n) is 11.3. The number of anilines is 1. The third-order valence-electron chi connectivity index (χ3n) is 8.00. The molecule has 0 unspecified atom stereocenters. The van der Waals surface area contributed by atoms with Gasteiger partial charge >= 0.3 is 0 Å². The standard InChI is InChI=1S/C28H34BrNO2Si/c1-19-23(32-33(7,8)26(2,3)4)17-28(27(19,5)6)21-15-12-16-22(29)24(21)30(25(28)31)18-20-13-10-9-11-14-20/h9-17H,1,18H2,2-8H3/t28-/m0/s1. The molecule has 0 bridgehead atoms. The molecule has 3 nitrogen and oxygen atoms in total. The molecule has 1 spiro atoms. The van der Waals surface area contributed by atoms with Gasteiger partial charge in [-0.1, -0.05) is 83.7 Å². The predicted octanol–water partition coefficient (Wildman–Crippen LogP) is 7.74. The Balaban J connectivity index is 1.89. The van der Waals surface area contributed by atoms with E-state index < -0.39 is 19.1 Å². The number of halogens is 1. The van der Waals surface area contributed by atoms with Crippen LogP contribution in [0.25, 0.3) is 0 Å². The lowest BCUT2D eigenvalue weighted by atomic mass is 9.63. The Bertz CT molecular complexity index is 1160. The molecule has 174 valence electrons. The van der Waals surface area contributed by atoms with E-state index in [0.717, 1.165) is 32.6 Å². The van der Waals surface area contributed by atoms with E-state index in [9.17, 15) is 4.79 Å². The van der Waals surface area contributed by atoms with Crippen molar-refractivity contribution in [2.75, 3.05) is 4.90 Å². The highest BCUT2D eigenvalue weighted by atomic mass is 79.9.